The largest absolute Gasteiger partial charge is 0.509 e. The summed E-state index contributed by atoms with van der Waals surface area (Å²) in [5.41, 5.74) is 1.21. The molecule has 1 fully saturated rings. The average molecular weight is 503 g/mol. The minimum Gasteiger partial charge on any atom is -0.509 e. The number of hydrogen-bond acceptors (Lipinski definition) is 6. The molecule has 2 atom stereocenters. The van der Waals surface area contributed by atoms with Crippen LogP contribution in [0.25, 0.3) is 0 Å². The molecule has 1 unspecified atom stereocenters. The molecule has 2 aromatic rings. The number of rotatable bonds is 6. The highest BCUT2D eigenvalue weighted by molar-refractivity contribution is 8.00. The Labute approximate surface area is 205 Å². The van der Waals surface area contributed by atoms with Gasteiger partial charge >= 0.3 is 5.97 Å². The van der Waals surface area contributed by atoms with Crippen LogP contribution in [0.3, 0.4) is 0 Å². The highest BCUT2D eigenvalue weighted by Gasteiger charge is 2.45. The molecular weight excluding hydrogens is 480 g/mol. The number of carboxylic acids is 1. The monoisotopic (exact) mass is 502 g/mol. The lowest BCUT2D eigenvalue weighted by molar-refractivity contribution is -0.146. The van der Waals surface area contributed by atoms with E-state index in [1.54, 1.807) is 24.3 Å². The van der Waals surface area contributed by atoms with Crippen molar-refractivity contribution in [2.45, 2.75) is 24.6 Å². The van der Waals surface area contributed by atoms with Gasteiger partial charge in [-0.2, -0.15) is 0 Å². The zero-order chi connectivity index (χ0) is 24.8. The quantitative estimate of drug-likeness (QED) is 0.407. The van der Waals surface area contributed by atoms with Crippen molar-refractivity contribution < 1.29 is 29.4 Å². The molecular formula is C24H23ClN2O6S. The molecule has 34 heavy (non-hydrogen) atoms. The second-order valence-electron chi connectivity index (χ2n) is 7.61. The molecule has 2 aliphatic heterocycles. The molecule has 2 aliphatic rings. The summed E-state index contributed by atoms with van der Waals surface area (Å²) in [6, 6.07) is 16.1. The number of aliphatic hydroxyl groups excluding tert-OH is 1. The number of carboxylic acid groups (broad SMARTS) is 1. The Kier molecular flexibility index (Phi) is 8.36. The Balaban J connectivity index is 0.000000212. The van der Waals surface area contributed by atoms with Gasteiger partial charge in [-0.05, 0) is 36.8 Å². The molecule has 0 bridgehead atoms. The SMILES string of the molecule is CC(C(=O)NCC(=O)c1ccc(Cl)cc1)c1ccccc1.O=C(O)C1=C(O)CS[C@H]2CC(=O)N12. The minimum atomic E-state index is -1.24. The Morgan fingerprint density at radius 2 is 1.79 bits per heavy atom. The topological polar surface area (TPSA) is 124 Å². The smallest absolute Gasteiger partial charge is 0.356 e. The standard InChI is InChI=1S/C17H16ClNO2.C7H7NO4S/c1-12(13-5-3-2-4-6-13)17(21)19-11-16(20)14-7-9-15(18)10-8-14;9-3-2-13-5-1-4(10)8(5)6(3)7(11)12/h2-10,12H,11H2,1H3,(H,19,21);5,9H,1-2H2,(H,11,12)/t;5-/m.0/s1. The van der Waals surface area contributed by atoms with Crippen LogP contribution < -0.4 is 5.32 Å². The first-order valence-electron chi connectivity index (χ1n) is 10.4. The number of carbonyl (C=O) groups is 4. The van der Waals surface area contributed by atoms with Gasteiger partial charge in [0, 0.05) is 10.6 Å². The predicted molar refractivity (Wildman–Crippen MR) is 129 cm³/mol. The van der Waals surface area contributed by atoms with Crippen molar-refractivity contribution >= 4 is 46.9 Å². The zero-order valence-corrected chi connectivity index (χ0v) is 19.8. The molecule has 8 nitrogen and oxygen atoms in total. The van der Waals surface area contributed by atoms with Crippen molar-refractivity contribution in [1.29, 1.82) is 0 Å². The number of amides is 2. The van der Waals surface area contributed by atoms with Crippen LogP contribution in [0.5, 0.6) is 0 Å². The van der Waals surface area contributed by atoms with E-state index in [2.05, 4.69) is 5.32 Å². The average Bonchev–Trinajstić information content (AvgIpc) is 2.83. The molecule has 0 spiro atoms. The number of nitrogens with zero attached hydrogens (tertiary/aromatic N) is 1. The number of thioether (sulfide) groups is 1. The van der Waals surface area contributed by atoms with Crippen LogP contribution in [0.1, 0.15) is 35.2 Å². The lowest BCUT2D eigenvalue weighted by atomic mass is 10.0. The molecule has 0 aromatic heterocycles. The van der Waals surface area contributed by atoms with Gasteiger partial charge in [0.1, 0.15) is 5.76 Å². The third-order valence-electron chi connectivity index (χ3n) is 5.32. The molecule has 0 radical (unpaired) electrons. The van der Waals surface area contributed by atoms with Crippen molar-refractivity contribution in [2.24, 2.45) is 0 Å². The van der Waals surface area contributed by atoms with Gasteiger partial charge in [-0.3, -0.25) is 19.3 Å². The van der Waals surface area contributed by atoms with E-state index in [0.29, 0.717) is 17.0 Å². The summed E-state index contributed by atoms with van der Waals surface area (Å²) in [5, 5.41) is 21.2. The molecule has 3 N–H and O–H groups in total. The predicted octanol–water partition coefficient (Wildman–Crippen LogP) is 3.59. The summed E-state index contributed by atoms with van der Waals surface area (Å²) in [4.78, 5) is 46.9. The Morgan fingerprint density at radius 1 is 1.15 bits per heavy atom. The Bertz CT molecular complexity index is 1120. The van der Waals surface area contributed by atoms with Crippen LogP contribution >= 0.6 is 23.4 Å². The van der Waals surface area contributed by atoms with Gasteiger partial charge < -0.3 is 15.5 Å². The van der Waals surface area contributed by atoms with Crippen LogP contribution in [-0.4, -0.2) is 56.4 Å². The van der Waals surface area contributed by atoms with E-state index in [0.717, 1.165) is 10.5 Å². The maximum absolute atomic E-state index is 12.0. The maximum atomic E-state index is 12.0. The number of aliphatic carboxylic acids is 1. The molecule has 10 heteroatoms. The first kappa shape index (κ1) is 25.3. The van der Waals surface area contributed by atoms with Gasteiger partial charge in [-0.15, -0.1) is 11.8 Å². The molecule has 2 heterocycles. The zero-order valence-electron chi connectivity index (χ0n) is 18.2. The fourth-order valence-electron chi connectivity index (χ4n) is 3.35. The molecule has 0 saturated carbocycles. The fourth-order valence-corrected chi connectivity index (χ4v) is 4.60. The van der Waals surface area contributed by atoms with Crippen LogP contribution in [-0.2, 0) is 14.4 Å². The fraction of sp³-hybridized carbons (Fsp3) is 0.250. The summed E-state index contributed by atoms with van der Waals surface area (Å²) < 4.78 is 0. The summed E-state index contributed by atoms with van der Waals surface area (Å²) in [6.07, 6.45) is 0.370. The lowest BCUT2D eigenvalue weighted by Gasteiger charge is -2.42. The Hall–Kier alpha value is -3.30. The normalized spacial score (nSPS) is 17.5. The van der Waals surface area contributed by atoms with E-state index in [1.165, 1.54) is 11.8 Å². The third-order valence-corrected chi connectivity index (χ3v) is 6.77. The molecule has 1 saturated heterocycles. The van der Waals surface area contributed by atoms with Gasteiger partial charge in [0.2, 0.25) is 11.8 Å². The number of aliphatic hydroxyl groups is 1. The van der Waals surface area contributed by atoms with E-state index in [4.69, 9.17) is 16.7 Å². The van der Waals surface area contributed by atoms with E-state index < -0.39 is 5.97 Å². The van der Waals surface area contributed by atoms with E-state index >= 15 is 0 Å². The van der Waals surface area contributed by atoms with Crippen LogP contribution in [0, 0.1) is 0 Å². The van der Waals surface area contributed by atoms with Crippen molar-refractivity contribution in [3.05, 3.63) is 82.2 Å². The van der Waals surface area contributed by atoms with Crippen LogP contribution in [0.15, 0.2) is 66.1 Å². The first-order chi connectivity index (χ1) is 16.2. The number of benzene rings is 2. The highest BCUT2D eigenvalue weighted by atomic mass is 35.5. The number of β-lactam (4-membered cyclic amide) rings is 1. The van der Waals surface area contributed by atoms with Gasteiger partial charge in [0.15, 0.2) is 11.5 Å². The number of halogens is 1. The summed E-state index contributed by atoms with van der Waals surface area (Å²) in [7, 11) is 0. The van der Waals surface area contributed by atoms with Crippen LogP contribution in [0.2, 0.25) is 5.02 Å². The van der Waals surface area contributed by atoms with Crippen molar-refractivity contribution in [3.8, 4) is 0 Å². The molecule has 178 valence electrons. The Morgan fingerprint density at radius 3 is 2.35 bits per heavy atom. The number of fused-ring (bicyclic) bond motifs is 1. The third kappa shape index (κ3) is 5.98. The molecule has 2 aromatic carbocycles. The number of ketones is 1. The highest BCUT2D eigenvalue weighted by Crippen LogP contribution is 2.38. The number of Topliss-reactive ketones (excluding diaryl/α,β-unsaturated/α-hetero) is 1. The summed E-state index contributed by atoms with van der Waals surface area (Å²) >= 11 is 7.15. The number of hydrogen-bond donors (Lipinski definition) is 3. The van der Waals surface area contributed by atoms with E-state index in [-0.39, 0.29) is 52.6 Å². The van der Waals surface area contributed by atoms with Crippen LogP contribution in [0.4, 0.5) is 0 Å². The van der Waals surface area contributed by atoms with Gasteiger partial charge in [0.05, 0.1) is 30.0 Å². The van der Waals surface area contributed by atoms with Gasteiger partial charge in [-0.1, -0.05) is 41.9 Å². The number of nitrogens with one attached hydrogen (secondary N) is 1. The van der Waals surface area contributed by atoms with Gasteiger partial charge in [0.25, 0.3) is 0 Å². The second-order valence-corrected chi connectivity index (χ2v) is 9.22. The van der Waals surface area contributed by atoms with Gasteiger partial charge in [-0.25, -0.2) is 4.79 Å². The van der Waals surface area contributed by atoms with Crippen molar-refractivity contribution in [3.63, 3.8) is 0 Å². The second kappa shape index (κ2) is 11.2. The first-order valence-corrected chi connectivity index (χ1v) is 11.8. The molecule has 4 rings (SSSR count). The number of carbonyl (C=O) groups excluding carboxylic acids is 3. The van der Waals surface area contributed by atoms with E-state index in [9.17, 15) is 24.3 Å². The summed E-state index contributed by atoms with van der Waals surface area (Å²) in [6.45, 7) is 1.80. The summed E-state index contributed by atoms with van der Waals surface area (Å²) in [5.74, 6) is -2.01. The molecule has 0 aliphatic carbocycles. The minimum absolute atomic E-state index is 0.0162. The lowest BCUT2D eigenvalue weighted by Crippen LogP contribution is -2.53. The maximum Gasteiger partial charge on any atom is 0.356 e. The van der Waals surface area contributed by atoms with Crippen molar-refractivity contribution in [1.82, 2.24) is 10.2 Å². The molecule has 2 amide bonds. The van der Waals surface area contributed by atoms with E-state index in [1.807, 2.05) is 37.3 Å². The van der Waals surface area contributed by atoms with Crippen molar-refractivity contribution in [2.75, 3.05) is 12.3 Å².